The third kappa shape index (κ3) is 4.20. The van der Waals surface area contributed by atoms with Crippen LogP contribution in [0.25, 0.3) is 11.3 Å². The average molecular weight is 471 g/mol. The Hall–Kier alpha value is -3.35. The summed E-state index contributed by atoms with van der Waals surface area (Å²) in [6.45, 7) is 0.268. The van der Waals surface area contributed by atoms with Crippen LogP contribution in [0.3, 0.4) is 0 Å². The highest BCUT2D eigenvalue weighted by Crippen LogP contribution is 2.44. The Kier molecular flexibility index (Phi) is 6.44. The number of nitrogens with zero attached hydrogens (tertiary/aromatic N) is 1. The number of H-pyrrole nitrogens is 1. The highest BCUT2D eigenvalue weighted by atomic mass is 35.5. The van der Waals surface area contributed by atoms with E-state index in [1.165, 1.54) is 24.5 Å². The van der Waals surface area contributed by atoms with Gasteiger partial charge in [0, 0.05) is 16.1 Å². The van der Waals surface area contributed by atoms with Gasteiger partial charge in [-0.2, -0.15) is 0 Å². The number of benzene rings is 3. The molecule has 4 aromatic rings. The molecule has 4 rings (SSSR count). The van der Waals surface area contributed by atoms with Crippen LogP contribution < -0.4 is 0 Å². The first kappa shape index (κ1) is 21.9. The fourth-order valence-electron chi connectivity index (χ4n) is 3.73. The predicted molar refractivity (Wildman–Crippen MR) is 120 cm³/mol. The Bertz CT molecular complexity index is 1250. The summed E-state index contributed by atoms with van der Waals surface area (Å²) in [4.78, 5) is 19.0. The number of aromatic hydroxyl groups is 1. The van der Waals surface area contributed by atoms with Gasteiger partial charge in [-0.3, -0.25) is 4.79 Å². The Labute approximate surface area is 193 Å². The minimum atomic E-state index is -1.09. The summed E-state index contributed by atoms with van der Waals surface area (Å²) in [6, 6.07) is 18.2. The maximum atomic E-state index is 15.0. The molecule has 0 aliphatic carbocycles. The van der Waals surface area contributed by atoms with Gasteiger partial charge in [-0.1, -0.05) is 65.7 Å². The van der Waals surface area contributed by atoms with Crippen molar-refractivity contribution in [3.63, 3.8) is 0 Å². The van der Waals surface area contributed by atoms with Gasteiger partial charge in [0.1, 0.15) is 17.7 Å². The number of phenolic OH excluding ortho intramolecular Hbond substituents is 1. The van der Waals surface area contributed by atoms with E-state index < -0.39 is 17.8 Å². The number of aromatic amines is 1. The number of carbonyl (C=O) groups is 1. The van der Waals surface area contributed by atoms with Crippen LogP contribution in [-0.4, -0.2) is 21.5 Å². The van der Waals surface area contributed by atoms with Gasteiger partial charge in [-0.15, -0.1) is 0 Å². The number of imidazole rings is 1. The van der Waals surface area contributed by atoms with Gasteiger partial charge in [-0.05, 0) is 29.8 Å². The van der Waals surface area contributed by atoms with Gasteiger partial charge >= 0.3 is 0 Å². The molecule has 32 heavy (non-hydrogen) atoms. The fraction of sp³-hybridized carbons (Fsp3) is 0.0833. The topological polar surface area (TPSA) is 75.2 Å². The predicted octanol–water partition coefficient (Wildman–Crippen LogP) is 6.27. The molecule has 0 aliphatic rings. The van der Waals surface area contributed by atoms with Crippen molar-refractivity contribution in [1.82, 2.24) is 9.97 Å². The summed E-state index contributed by atoms with van der Waals surface area (Å²) in [5.74, 6) is -1.44. The number of carbonyl (C=O) groups excluding carboxylic acids is 1. The van der Waals surface area contributed by atoms with E-state index in [-0.39, 0.29) is 22.8 Å². The van der Waals surface area contributed by atoms with Crippen LogP contribution in [0.5, 0.6) is 5.75 Å². The van der Waals surface area contributed by atoms with Crippen molar-refractivity contribution in [2.45, 2.75) is 12.0 Å². The van der Waals surface area contributed by atoms with E-state index in [9.17, 15) is 9.90 Å². The lowest BCUT2D eigenvalue weighted by Gasteiger charge is -2.27. The molecule has 2 atom stereocenters. The molecule has 0 aliphatic heterocycles. The molecule has 1 aromatic heterocycles. The number of phenols is 1. The van der Waals surface area contributed by atoms with Crippen LogP contribution >= 0.6 is 23.2 Å². The van der Waals surface area contributed by atoms with E-state index in [1.807, 2.05) is 30.3 Å². The zero-order valence-corrected chi connectivity index (χ0v) is 18.0. The van der Waals surface area contributed by atoms with Crippen molar-refractivity contribution >= 4 is 29.7 Å². The summed E-state index contributed by atoms with van der Waals surface area (Å²) in [5, 5.41) is 10.8. The van der Waals surface area contributed by atoms with Crippen molar-refractivity contribution < 1.29 is 19.0 Å². The third-order valence-electron chi connectivity index (χ3n) is 5.14. The number of nitrogens with one attached hydrogen (secondary N) is 1. The normalized spacial score (nSPS) is 12.8. The molecule has 8 heteroatoms. The largest absolute Gasteiger partial charge is 0.507 e. The van der Waals surface area contributed by atoms with Crippen LogP contribution in [-0.2, 0) is 9.53 Å². The summed E-state index contributed by atoms with van der Waals surface area (Å²) >= 11 is 12.2. The number of aromatic nitrogens is 2. The Morgan fingerprint density at radius 3 is 2.59 bits per heavy atom. The van der Waals surface area contributed by atoms with E-state index >= 15 is 4.39 Å². The molecule has 0 saturated heterocycles. The van der Waals surface area contributed by atoms with Gasteiger partial charge in [0.15, 0.2) is 0 Å². The molecular weight excluding hydrogens is 454 g/mol. The van der Waals surface area contributed by atoms with Crippen LogP contribution in [0.4, 0.5) is 4.39 Å². The Morgan fingerprint density at radius 1 is 1.06 bits per heavy atom. The second kappa shape index (κ2) is 9.42. The second-order valence-corrected chi connectivity index (χ2v) is 7.85. The highest BCUT2D eigenvalue weighted by Gasteiger charge is 2.34. The van der Waals surface area contributed by atoms with Crippen LogP contribution in [0.15, 0.2) is 73.1 Å². The molecule has 5 nitrogen and oxygen atoms in total. The van der Waals surface area contributed by atoms with Crippen molar-refractivity contribution in [1.29, 1.82) is 0 Å². The molecule has 1 heterocycles. The third-order valence-corrected chi connectivity index (χ3v) is 5.67. The van der Waals surface area contributed by atoms with Gasteiger partial charge in [0.25, 0.3) is 6.47 Å². The Balaban J connectivity index is 1.96. The lowest BCUT2D eigenvalue weighted by Crippen LogP contribution is -2.18. The van der Waals surface area contributed by atoms with Gasteiger partial charge in [0.05, 0.1) is 28.7 Å². The summed E-state index contributed by atoms with van der Waals surface area (Å²) in [5.41, 5.74) is 2.11. The summed E-state index contributed by atoms with van der Waals surface area (Å²) < 4.78 is 20.4. The molecule has 0 saturated carbocycles. The standard InChI is InChI=1S/C24H17Cl2FN2O3/c25-15-9-10-19(31)17(11-15)22-23(29-12-28-22)20(14-5-2-1-3-6-14)24(32-13-30)16-7-4-8-18(26)21(16)27/h1-13,20,24,31H,(H,28,29). The maximum absolute atomic E-state index is 15.0. The minimum absolute atomic E-state index is 0.0199. The number of ether oxygens (including phenoxy) is 1. The van der Waals surface area contributed by atoms with Crippen LogP contribution in [0.1, 0.15) is 28.8 Å². The SMILES string of the molecule is O=COC(c1cccc(Cl)c1F)C(c1ccccc1)c1nc[nH]c1-c1cc(Cl)ccc1O. The van der Waals surface area contributed by atoms with E-state index in [2.05, 4.69) is 9.97 Å². The molecule has 0 radical (unpaired) electrons. The maximum Gasteiger partial charge on any atom is 0.293 e. The monoisotopic (exact) mass is 470 g/mol. The molecule has 0 bridgehead atoms. The lowest BCUT2D eigenvalue weighted by atomic mass is 9.84. The fourth-order valence-corrected chi connectivity index (χ4v) is 4.09. The zero-order valence-electron chi connectivity index (χ0n) is 16.5. The van der Waals surface area contributed by atoms with Crippen molar-refractivity contribution in [3.8, 4) is 17.0 Å². The number of hydrogen-bond acceptors (Lipinski definition) is 4. The molecule has 0 amide bonds. The molecule has 0 spiro atoms. The average Bonchev–Trinajstić information content (AvgIpc) is 3.27. The number of halogens is 3. The highest BCUT2D eigenvalue weighted by molar-refractivity contribution is 6.31. The minimum Gasteiger partial charge on any atom is -0.507 e. The molecule has 3 aromatic carbocycles. The molecule has 0 fully saturated rings. The van der Waals surface area contributed by atoms with E-state index in [0.717, 1.165) is 0 Å². The smallest absolute Gasteiger partial charge is 0.293 e. The summed E-state index contributed by atoms with van der Waals surface area (Å²) in [7, 11) is 0. The first-order chi connectivity index (χ1) is 15.5. The number of hydrogen-bond donors (Lipinski definition) is 2. The van der Waals surface area contributed by atoms with Crippen molar-refractivity contribution in [2.24, 2.45) is 0 Å². The first-order valence-electron chi connectivity index (χ1n) is 9.61. The second-order valence-electron chi connectivity index (χ2n) is 7.01. The molecule has 162 valence electrons. The number of rotatable bonds is 7. The van der Waals surface area contributed by atoms with Gasteiger partial charge < -0.3 is 14.8 Å². The van der Waals surface area contributed by atoms with Gasteiger partial charge in [-0.25, -0.2) is 9.37 Å². The zero-order chi connectivity index (χ0) is 22.7. The van der Waals surface area contributed by atoms with Crippen LogP contribution in [0.2, 0.25) is 10.0 Å². The lowest BCUT2D eigenvalue weighted by molar-refractivity contribution is -0.134. The van der Waals surface area contributed by atoms with Crippen LogP contribution in [0, 0.1) is 5.82 Å². The van der Waals surface area contributed by atoms with Crippen molar-refractivity contribution in [3.05, 3.63) is 106 Å². The van der Waals surface area contributed by atoms with E-state index in [4.69, 9.17) is 27.9 Å². The quantitative estimate of drug-likeness (QED) is 0.312. The molecule has 2 N–H and O–H groups in total. The van der Waals surface area contributed by atoms with Crippen molar-refractivity contribution in [2.75, 3.05) is 0 Å². The Morgan fingerprint density at radius 2 is 1.84 bits per heavy atom. The van der Waals surface area contributed by atoms with E-state index in [1.54, 1.807) is 18.2 Å². The van der Waals surface area contributed by atoms with E-state index in [0.29, 0.717) is 27.5 Å². The van der Waals surface area contributed by atoms with Gasteiger partial charge in [0.2, 0.25) is 0 Å². The summed E-state index contributed by atoms with van der Waals surface area (Å²) in [6.07, 6.45) is 0.366. The molecule has 2 unspecified atom stereocenters. The first-order valence-corrected chi connectivity index (χ1v) is 10.4. The molecular formula is C24H17Cl2FN2O3.